The molecule has 0 aromatic heterocycles. The molecule has 0 saturated carbocycles. The molecule has 0 heterocycles. The second kappa shape index (κ2) is 9.48. The molecule has 0 aliphatic heterocycles. The number of aromatic carboxylic acids is 2. The lowest BCUT2D eigenvalue weighted by Gasteiger charge is -2.03. The van der Waals surface area contributed by atoms with Crippen LogP contribution in [0.2, 0.25) is 0 Å². The summed E-state index contributed by atoms with van der Waals surface area (Å²) >= 11 is 2.19. The Bertz CT molecular complexity index is 1230. The average molecular weight is 528 g/mol. The molecular formula is C24H17IO6. The van der Waals surface area contributed by atoms with Crippen molar-refractivity contribution in [3.63, 3.8) is 0 Å². The second-order valence-electron chi connectivity index (χ2n) is 6.61. The summed E-state index contributed by atoms with van der Waals surface area (Å²) < 4.78 is 0.963. The van der Waals surface area contributed by atoms with E-state index in [0.29, 0.717) is 11.1 Å². The van der Waals surface area contributed by atoms with Gasteiger partial charge in [-0.15, -0.1) is 0 Å². The fourth-order valence-electron chi connectivity index (χ4n) is 2.82. The summed E-state index contributed by atoms with van der Waals surface area (Å²) in [5, 5.41) is 37.4. The summed E-state index contributed by atoms with van der Waals surface area (Å²) in [6.45, 7) is 0. The highest BCUT2D eigenvalue weighted by Gasteiger charge is 2.10. The van der Waals surface area contributed by atoms with E-state index in [-0.39, 0.29) is 22.6 Å². The van der Waals surface area contributed by atoms with E-state index >= 15 is 0 Å². The number of benzene rings is 3. The van der Waals surface area contributed by atoms with Gasteiger partial charge in [-0.25, -0.2) is 9.59 Å². The molecule has 0 saturated heterocycles. The number of rotatable bonds is 6. The van der Waals surface area contributed by atoms with Crippen molar-refractivity contribution in [2.45, 2.75) is 0 Å². The zero-order valence-corrected chi connectivity index (χ0v) is 18.1. The summed E-state index contributed by atoms with van der Waals surface area (Å²) in [6, 6.07) is 14.5. The van der Waals surface area contributed by atoms with Crippen LogP contribution in [0.1, 0.15) is 43.0 Å². The van der Waals surface area contributed by atoms with Gasteiger partial charge in [-0.2, -0.15) is 0 Å². The molecule has 0 aliphatic carbocycles. The highest BCUT2D eigenvalue weighted by molar-refractivity contribution is 14.1. The highest BCUT2D eigenvalue weighted by atomic mass is 127. The number of carbonyl (C=O) groups is 2. The molecule has 0 atom stereocenters. The van der Waals surface area contributed by atoms with Gasteiger partial charge >= 0.3 is 11.9 Å². The molecular weight excluding hydrogens is 511 g/mol. The maximum atomic E-state index is 11.1. The number of aromatic hydroxyl groups is 2. The average Bonchev–Trinajstić information content (AvgIpc) is 2.73. The van der Waals surface area contributed by atoms with E-state index < -0.39 is 11.9 Å². The molecule has 0 spiro atoms. The first-order valence-corrected chi connectivity index (χ1v) is 10.1. The van der Waals surface area contributed by atoms with E-state index in [0.717, 1.165) is 14.7 Å². The molecule has 0 radical (unpaired) electrons. The van der Waals surface area contributed by atoms with Crippen LogP contribution in [0.25, 0.3) is 24.3 Å². The van der Waals surface area contributed by atoms with Crippen molar-refractivity contribution in [1.29, 1.82) is 0 Å². The largest absolute Gasteiger partial charge is 0.507 e. The van der Waals surface area contributed by atoms with E-state index in [4.69, 9.17) is 10.2 Å². The molecule has 0 unspecified atom stereocenters. The maximum Gasteiger partial charge on any atom is 0.339 e. The van der Waals surface area contributed by atoms with Crippen LogP contribution >= 0.6 is 22.6 Å². The number of carboxylic acids is 2. The van der Waals surface area contributed by atoms with Gasteiger partial charge in [-0.1, -0.05) is 48.6 Å². The fourth-order valence-corrected chi connectivity index (χ4v) is 3.54. The van der Waals surface area contributed by atoms with Gasteiger partial charge in [0.05, 0.1) is 0 Å². The first-order chi connectivity index (χ1) is 14.7. The lowest BCUT2D eigenvalue weighted by atomic mass is 10.1. The Kier molecular flexibility index (Phi) is 6.76. The van der Waals surface area contributed by atoms with Crippen molar-refractivity contribution in [2.75, 3.05) is 0 Å². The molecule has 0 fully saturated rings. The standard InChI is InChI=1S/C24H17IO6/c25-20-13-16(2-1-14-5-9-21(26)18(11-14)23(28)29)4-8-17(20)7-3-15-6-10-22(27)19(12-15)24(30)31/h1-13,26-27H,(H,28,29)(H,30,31). The summed E-state index contributed by atoms with van der Waals surface area (Å²) in [7, 11) is 0. The van der Waals surface area contributed by atoms with Gasteiger partial charge in [0.1, 0.15) is 22.6 Å². The lowest BCUT2D eigenvalue weighted by Crippen LogP contribution is -1.96. The summed E-state index contributed by atoms with van der Waals surface area (Å²) in [4.78, 5) is 22.3. The van der Waals surface area contributed by atoms with Gasteiger partial charge in [0.25, 0.3) is 0 Å². The molecule has 3 aromatic carbocycles. The molecule has 31 heavy (non-hydrogen) atoms. The quantitative estimate of drug-likeness (QED) is 0.250. The fraction of sp³-hybridized carbons (Fsp3) is 0. The Morgan fingerprint density at radius 3 is 1.52 bits per heavy atom. The third-order valence-electron chi connectivity index (χ3n) is 4.45. The molecule has 6 nitrogen and oxygen atoms in total. The Hall–Kier alpha value is -3.59. The molecule has 0 amide bonds. The van der Waals surface area contributed by atoms with Crippen LogP contribution in [0.5, 0.6) is 11.5 Å². The predicted octanol–water partition coefficient (Wildman–Crippen LogP) is 5.44. The van der Waals surface area contributed by atoms with E-state index in [2.05, 4.69) is 22.6 Å². The van der Waals surface area contributed by atoms with Gasteiger partial charge in [0.15, 0.2) is 0 Å². The SMILES string of the molecule is O=C(O)c1cc(C=Cc2ccc(C=Cc3ccc(O)c(C(=O)O)c3)c(I)c2)ccc1O. The molecule has 4 N–H and O–H groups in total. The number of carboxylic acid groups (broad SMARTS) is 2. The number of phenols is 2. The van der Waals surface area contributed by atoms with Crippen LogP contribution in [0.3, 0.4) is 0 Å². The minimum Gasteiger partial charge on any atom is -0.507 e. The van der Waals surface area contributed by atoms with Gasteiger partial charge in [-0.05, 0) is 75.2 Å². The molecule has 3 rings (SSSR count). The smallest absolute Gasteiger partial charge is 0.339 e. The molecule has 0 aliphatic rings. The van der Waals surface area contributed by atoms with Crippen molar-refractivity contribution >= 4 is 58.8 Å². The molecule has 3 aromatic rings. The number of hydrogen-bond donors (Lipinski definition) is 4. The van der Waals surface area contributed by atoms with Crippen LogP contribution in [-0.2, 0) is 0 Å². The van der Waals surface area contributed by atoms with Crippen molar-refractivity contribution in [3.8, 4) is 11.5 Å². The highest BCUT2D eigenvalue weighted by Crippen LogP contribution is 2.23. The maximum absolute atomic E-state index is 11.1. The van der Waals surface area contributed by atoms with E-state index in [1.165, 1.54) is 24.3 Å². The molecule has 156 valence electrons. The van der Waals surface area contributed by atoms with Crippen LogP contribution in [0.4, 0.5) is 0 Å². The number of halogens is 1. The van der Waals surface area contributed by atoms with Crippen LogP contribution in [-0.4, -0.2) is 32.4 Å². The Morgan fingerprint density at radius 1 is 0.645 bits per heavy atom. The summed E-state index contributed by atoms with van der Waals surface area (Å²) in [5.74, 6) is -2.94. The van der Waals surface area contributed by atoms with Crippen molar-refractivity contribution in [2.24, 2.45) is 0 Å². The first-order valence-electron chi connectivity index (χ1n) is 9.03. The van der Waals surface area contributed by atoms with E-state index in [1.54, 1.807) is 24.3 Å². The van der Waals surface area contributed by atoms with Crippen molar-refractivity contribution in [1.82, 2.24) is 0 Å². The summed E-state index contributed by atoms with van der Waals surface area (Å²) in [5.41, 5.74) is 2.83. The Morgan fingerprint density at radius 2 is 1.06 bits per heavy atom. The summed E-state index contributed by atoms with van der Waals surface area (Å²) in [6.07, 6.45) is 7.22. The van der Waals surface area contributed by atoms with Gasteiger partial charge in [-0.3, -0.25) is 0 Å². The minimum atomic E-state index is -1.19. The van der Waals surface area contributed by atoms with E-state index in [1.807, 2.05) is 30.4 Å². The van der Waals surface area contributed by atoms with Gasteiger partial charge in [0, 0.05) is 3.57 Å². The topological polar surface area (TPSA) is 115 Å². The lowest BCUT2D eigenvalue weighted by molar-refractivity contribution is 0.0682. The zero-order valence-electron chi connectivity index (χ0n) is 16.0. The zero-order chi connectivity index (χ0) is 22.5. The normalized spacial score (nSPS) is 11.3. The van der Waals surface area contributed by atoms with Crippen LogP contribution in [0, 0.1) is 3.57 Å². The second-order valence-corrected chi connectivity index (χ2v) is 7.77. The predicted molar refractivity (Wildman–Crippen MR) is 127 cm³/mol. The third kappa shape index (κ3) is 5.52. The monoisotopic (exact) mass is 528 g/mol. The molecule has 7 heteroatoms. The third-order valence-corrected chi connectivity index (χ3v) is 5.38. The van der Waals surface area contributed by atoms with Crippen LogP contribution < -0.4 is 0 Å². The van der Waals surface area contributed by atoms with Crippen molar-refractivity contribution in [3.05, 3.63) is 91.5 Å². The van der Waals surface area contributed by atoms with Gasteiger partial charge in [0.2, 0.25) is 0 Å². The van der Waals surface area contributed by atoms with E-state index in [9.17, 15) is 19.8 Å². The Labute approximate surface area is 191 Å². The van der Waals surface area contributed by atoms with Crippen LogP contribution in [0.15, 0.2) is 54.6 Å². The number of hydrogen-bond acceptors (Lipinski definition) is 4. The van der Waals surface area contributed by atoms with Gasteiger partial charge < -0.3 is 20.4 Å². The minimum absolute atomic E-state index is 0.155. The van der Waals surface area contributed by atoms with Crippen molar-refractivity contribution < 1.29 is 30.0 Å². The Balaban J connectivity index is 1.79. The molecule has 0 bridgehead atoms. The first kappa shape index (κ1) is 22.1.